The molecule has 1 saturated carbocycles. The molecule has 102 valence electrons. The molecule has 0 atom stereocenters. The van der Waals surface area contributed by atoms with E-state index >= 15 is 0 Å². The molecule has 4 heteroatoms. The summed E-state index contributed by atoms with van der Waals surface area (Å²) in [5.41, 5.74) is 1.27. The molecule has 0 saturated heterocycles. The Bertz CT molecular complexity index is 452. The van der Waals surface area contributed by atoms with Crippen LogP contribution in [0.25, 0.3) is 0 Å². The first-order chi connectivity index (χ1) is 9.29. The molecule has 1 aliphatic rings. The summed E-state index contributed by atoms with van der Waals surface area (Å²) in [6.07, 6.45) is 5.05. The number of halogens is 1. The molecule has 1 aromatic carbocycles. The molecule has 1 aromatic rings. The smallest absolute Gasteiger partial charge is 0.133 e. The van der Waals surface area contributed by atoms with Gasteiger partial charge in [-0.05, 0) is 59.3 Å². The number of nitrogens with one attached hydrogen (secondary N) is 1. The van der Waals surface area contributed by atoms with Gasteiger partial charge in [0.25, 0.3) is 0 Å². The largest absolute Gasteiger partial charge is 0.492 e. The molecule has 0 unspecified atom stereocenters. The first-order valence-corrected chi connectivity index (χ1v) is 7.60. The Balaban J connectivity index is 1.75. The van der Waals surface area contributed by atoms with Crippen LogP contribution in [0.3, 0.4) is 0 Å². The molecule has 0 bridgehead atoms. The van der Waals surface area contributed by atoms with Gasteiger partial charge in [-0.2, -0.15) is 5.26 Å². The van der Waals surface area contributed by atoms with Gasteiger partial charge in [0.05, 0.1) is 17.1 Å². The predicted molar refractivity (Wildman–Crippen MR) is 79.0 cm³/mol. The lowest BCUT2D eigenvalue weighted by Crippen LogP contribution is -2.15. The third-order valence-corrected chi connectivity index (χ3v) is 3.73. The highest BCUT2D eigenvalue weighted by atomic mass is 79.9. The van der Waals surface area contributed by atoms with Crippen LogP contribution in [-0.2, 0) is 6.54 Å². The van der Waals surface area contributed by atoms with Crippen LogP contribution in [0.15, 0.2) is 22.7 Å². The lowest BCUT2D eigenvalue weighted by molar-refractivity contribution is 0.305. The Morgan fingerprint density at radius 1 is 1.37 bits per heavy atom. The number of benzene rings is 1. The van der Waals surface area contributed by atoms with Gasteiger partial charge in [-0.25, -0.2) is 0 Å². The summed E-state index contributed by atoms with van der Waals surface area (Å²) < 4.78 is 6.70. The molecule has 0 aliphatic heterocycles. The van der Waals surface area contributed by atoms with Crippen molar-refractivity contribution in [1.29, 1.82) is 5.26 Å². The van der Waals surface area contributed by atoms with Gasteiger partial charge < -0.3 is 10.1 Å². The van der Waals surface area contributed by atoms with E-state index in [2.05, 4.69) is 39.4 Å². The predicted octanol–water partition coefficient (Wildman–Crippen LogP) is 3.77. The van der Waals surface area contributed by atoms with Gasteiger partial charge in [0.15, 0.2) is 0 Å². The Kier molecular flexibility index (Phi) is 5.68. The summed E-state index contributed by atoms with van der Waals surface area (Å²) in [6, 6.07) is 9.10. The minimum absolute atomic E-state index is 0.607. The van der Waals surface area contributed by atoms with Gasteiger partial charge in [0.2, 0.25) is 0 Å². The van der Waals surface area contributed by atoms with Gasteiger partial charge in [-0.3, -0.25) is 0 Å². The summed E-state index contributed by atoms with van der Waals surface area (Å²) in [7, 11) is 0. The van der Waals surface area contributed by atoms with Crippen LogP contribution in [0.4, 0.5) is 0 Å². The molecule has 0 amide bonds. The van der Waals surface area contributed by atoms with E-state index in [1.165, 1.54) is 18.4 Å². The number of rotatable bonds is 8. The first kappa shape index (κ1) is 14.4. The summed E-state index contributed by atoms with van der Waals surface area (Å²) in [4.78, 5) is 0. The van der Waals surface area contributed by atoms with Crippen LogP contribution < -0.4 is 10.1 Å². The van der Waals surface area contributed by atoms with Gasteiger partial charge in [0.1, 0.15) is 5.75 Å². The third kappa shape index (κ3) is 5.22. The fourth-order valence-corrected chi connectivity index (χ4v) is 2.35. The van der Waals surface area contributed by atoms with E-state index < -0.39 is 0 Å². The molecule has 2 rings (SSSR count). The topological polar surface area (TPSA) is 45.0 Å². The number of hydrogen-bond donors (Lipinski definition) is 1. The molecule has 0 heterocycles. The van der Waals surface area contributed by atoms with Crippen LogP contribution >= 0.6 is 15.9 Å². The van der Waals surface area contributed by atoms with Crippen LogP contribution in [-0.4, -0.2) is 12.6 Å². The van der Waals surface area contributed by atoms with Crippen molar-refractivity contribution in [1.82, 2.24) is 5.32 Å². The Labute approximate surface area is 123 Å². The highest BCUT2D eigenvalue weighted by Crippen LogP contribution is 2.27. The molecule has 0 radical (unpaired) electrons. The van der Waals surface area contributed by atoms with E-state index in [-0.39, 0.29) is 0 Å². The van der Waals surface area contributed by atoms with Crippen LogP contribution in [0, 0.1) is 11.3 Å². The van der Waals surface area contributed by atoms with Crippen LogP contribution in [0.2, 0.25) is 0 Å². The van der Waals surface area contributed by atoms with E-state index in [0.717, 1.165) is 35.7 Å². The Hall–Kier alpha value is -1.05. The molecule has 1 N–H and O–H groups in total. The van der Waals surface area contributed by atoms with E-state index in [1.807, 2.05) is 6.07 Å². The molecule has 1 fully saturated rings. The maximum absolute atomic E-state index is 8.45. The number of nitriles is 1. The number of unbranched alkanes of at least 4 members (excludes halogenated alkanes) is 2. The number of nitrogens with zero attached hydrogens (tertiary/aromatic N) is 1. The number of hydrogen-bond acceptors (Lipinski definition) is 3. The van der Waals surface area contributed by atoms with Crippen molar-refractivity contribution in [3.8, 4) is 11.8 Å². The van der Waals surface area contributed by atoms with Crippen molar-refractivity contribution in [2.45, 2.75) is 44.7 Å². The van der Waals surface area contributed by atoms with E-state index in [1.54, 1.807) is 0 Å². The van der Waals surface area contributed by atoms with Gasteiger partial charge in [-0.1, -0.05) is 6.07 Å². The second kappa shape index (κ2) is 7.52. The molecule has 3 nitrogen and oxygen atoms in total. The van der Waals surface area contributed by atoms with Gasteiger partial charge in [-0.15, -0.1) is 0 Å². The van der Waals surface area contributed by atoms with Crippen molar-refractivity contribution in [3.05, 3.63) is 28.2 Å². The van der Waals surface area contributed by atoms with Crippen molar-refractivity contribution >= 4 is 15.9 Å². The molecule has 0 spiro atoms. The maximum Gasteiger partial charge on any atom is 0.133 e. The SMILES string of the molecule is N#CCCCCOc1ccc(CNC2CC2)cc1Br. The minimum Gasteiger partial charge on any atom is -0.492 e. The van der Waals surface area contributed by atoms with E-state index in [0.29, 0.717) is 13.0 Å². The molecular weight excluding hydrogens is 304 g/mol. The van der Waals surface area contributed by atoms with E-state index in [4.69, 9.17) is 10.00 Å². The minimum atomic E-state index is 0.607. The monoisotopic (exact) mass is 322 g/mol. The van der Waals surface area contributed by atoms with Crippen molar-refractivity contribution in [3.63, 3.8) is 0 Å². The van der Waals surface area contributed by atoms with Gasteiger partial charge in [0, 0.05) is 19.0 Å². The second-order valence-electron chi connectivity index (χ2n) is 4.88. The zero-order valence-corrected chi connectivity index (χ0v) is 12.6. The Morgan fingerprint density at radius 3 is 2.89 bits per heavy atom. The lowest BCUT2D eigenvalue weighted by Gasteiger charge is -2.10. The van der Waals surface area contributed by atoms with Gasteiger partial charge >= 0.3 is 0 Å². The lowest BCUT2D eigenvalue weighted by atomic mass is 10.2. The fraction of sp³-hybridized carbons (Fsp3) is 0.533. The summed E-state index contributed by atoms with van der Waals surface area (Å²) in [6.45, 7) is 1.59. The maximum atomic E-state index is 8.45. The highest BCUT2D eigenvalue weighted by molar-refractivity contribution is 9.10. The molecule has 19 heavy (non-hydrogen) atoms. The first-order valence-electron chi connectivity index (χ1n) is 6.81. The number of ether oxygens (including phenoxy) is 1. The average Bonchev–Trinajstić information content (AvgIpc) is 3.22. The summed E-state index contributed by atoms with van der Waals surface area (Å²) >= 11 is 3.55. The normalized spacial score (nSPS) is 14.1. The van der Waals surface area contributed by atoms with E-state index in [9.17, 15) is 0 Å². The molecule has 1 aliphatic carbocycles. The third-order valence-electron chi connectivity index (χ3n) is 3.11. The van der Waals surface area contributed by atoms with Crippen molar-refractivity contribution < 1.29 is 4.74 Å². The Morgan fingerprint density at radius 2 is 2.21 bits per heavy atom. The second-order valence-corrected chi connectivity index (χ2v) is 5.74. The summed E-state index contributed by atoms with van der Waals surface area (Å²) in [5.74, 6) is 0.882. The quantitative estimate of drug-likeness (QED) is 0.741. The fourth-order valence-electron chi connectivity index (χ4n) is 1.81. The molecule has 0 aromatic heterocycles. The van der Waals surface area contributed by atoms with Crippen LogP contribution in [0.1, 0.15) is 37.7 Å². The molecular formula is C15H19BrN2O. The average molecular weight is 323 g/mol. The zero-order chi connectivity index (χ0) is 13.5. The van der Waals surface area contributed by atoms with Crippen molar-refractivity contribution in [2.75, 3.05) is 6.61 Å². The summed E-state index contributed by atoms with van der Waals surface area (Å²) in [5, 5.41) is 11.9. The van der Waals surface area contributed by atoms with Crippen LogP contribution in [0.5, 0.6) is 5.75 Å². The zero-order valence-electron chi connectivity index (χ0n) is 11.0. The van der Waals surface area contributed by atoms with Crippen molar-refractivity contribution in [2.24, 2.45) is 0 Å². The highest BCUT2D eigenvalue weighted by Gasteiger charge is 2.19. The standard InChI is InChI=1S/C15H19BrN2O/c16-14-10-12(11-18-13-5-6-13)4-7-15(14)19-9-3-1-2-8-17/h4,7,10,13,18H,1-3,5-6,9,11H2.